The summed E-state index contributed by atoms with van der Waals surface area (Å²) < 4.78 is 45.1. The zero-order valence-corrected chi connectivity index (χ0v) is 33.4. The van der Waals surface area contributed by atoms with Crippen molar-refractivity contribution in [1.82, 2.24) is 0 Å². The topological polar surface area (TPSA) is 155 Å². The summed E-state index contributed by atoms with van der Waals surface area (Å²) in [6.07, 6.45) is 14.4. The van der Waals surface area contributed by atoms with E-state index >= 15 is 0 Å². The predicted octanol–water partition coefficient (Wildman–Crippen LogP) is 6.07. The second-order valence-corrected chi connectivity index (χ2v) is 17.4. The number of aliphatic hydroxyl groups is 2. The lowest BCUT2D eigenvalue weighted by molar-refractivity contribution is -0.342. The monoisotopic (exact) mass is 769 g/mol. The van der Waals surface area contributed by atoms with Crippen molar-refractivity contribution in [2.75, 3.05) is 13.7 Å². The van der Waals surface area contributed by atoms with Crippen LogP contribution in [0.25, 0.3) is 0 Å². The Labute approximate surface area is 325 Å². The van der Waals surface area contributed by atoms with Gasteiger partial charge in [-0.15, -0.1) is 0 Å². The first-order valence-electron chi connectivity index (χ1n) is 20.7. The maximum atomic E-state index is 14.4. The fourth-order valence-electron chi connectivity index (χ4n) is 10.4. The van der Waals surface area contributed by atoms with Crippen molar-refractivity contribution in [3.63, 3.8) is 0 Å². The second-order valence-electron chi connectivity index (χ2n) is 17.4. The Kier molecular flexibility index (Phi) is 12.5. The molecule has 5 aliphatic heterocycles. The van der Waals surface area contributed by atoms with E-state index in [2.05, 4.69) is 32.0 Å². The summed E-state index contributed by atoms with van der Waals surface area (Å²) in [6.45, 7) is 10.0. The van der Waals surface area contributed by atoms with E-state index in [0.717, 1.165) is 24.8 Å². The van der Waals surface area contributed by atoms with Gasteiger partial charge in [-0.2, -0.15) is 0 Å². The van der Waals surface area contributed by atoms with E-state index < -0.39 is 66.2 Å². The maximum absolute atomic E-state index is 14.4. The zero-order valence-electron chi connectivity index (χ0n) is 33.4. The smallest absolute Gasteiger partial charge is 0.316 e. The molecule has 12 heteroatoms. The number of ether oxygens (including phenoxy) is 7. The standard InChI is InChI=1S/C43H63NO11/c1-24-11-10-14-30-23-50-40-36(44-48)27(4)19-33(43(30,40)47)41(46)52-32-20-31(16-15-25(2)38(24)53-35-21-34(49-6)37(45)28(5)51-35)54-42(22-32)18-17-26(3)39(55-42)29-12-8-7-9-13-29/h10-11,14-15,19,24,26,28-29,31-35,37-40,45,47-48H,7-9,12-13,16-18,20-23H2,1-6H3/b11-10?,25-15?,30-14?,44-36+/t24-,26-,28-,31+,32-,33-,34-,35-,37-,38-,39-,40+,42+,43+/m0/s1. The SMILES string of the molecule is CO[C@H]1C[C@H](O[C@@H]2C(C)=CC[C@@H]3C[C@@H](C[C@]4(CC[C@H](C)[C@@H](C5CCCCC5)O4)O3)OC(=O)[C@@H]3C=C(C)/C(=N\O)[C@H]4OCC(=CC=C[C@@H]2C)[C@]43O)O[C@@H](C)[C@@H]1O. The summed E-state index contributed by atoms with van der Waals surface area (Å²) in [7, 11) is 1.59. The Bertz CT molecular complexity index is 1550. The van der Waals surface area contributed by atoms with Crippen molar-refractivity contribution < 1.29 is 53.4 Å². The highest BCUT2D eigenvalue weighted by Gasteiger charge is 2.60. The summed E-state index contributed by atoms with van der Waals surface area (Å²) >= 11 is 0. The van der Waals surface area contributed by atoms with Gasteiger partial charge in [-0.1, -0.05) is 68.6 Å². The molecule has 2 bridgehead atoms. The zero-order chi connectivity index (χ0) is 39.1. The number of allylic oxidation sites excluding steroid dienone is 2. The Hall–Kier alpha value is -2.42. The number of hydrogen-bond donors (Lipinski definition) is 3. The van der Waals surface area contributed by atoms with Crippen LogP contribution in [0.4, 0.5) is 0 Å². The van der Waals surface area contributed by atoms with E-state index in [-0.39, 0.29) is 30.4 Å². The van der Waals surface area contributed by atoms with Crippen molar-refractivity contribution in [2.45, 2.75) is 172 Å². The normalized spacial score (nSPS) is 45.4. The van der Waals surface area contributed by atoms with E-state index in [4.69, 9.17) is 33.2 Å². The molecular weight excluding hydrogens is 706 g/mol. The van der Waals surface area contributed by atoms with Crippen molar-refractivity contribution >= 4 is 11.7 Å². The third-order valence-corrected chi connectivity index (χ3v) is 13.6. The third-order valence-electron chi connectivity index (χ3n) is 13.6. The fourth-order valence-corrected chi connectivity index (χ4v) is 10.4. The highest BCUT2D eigenvalue weighted by molar-refractivity contribution is 6.06. The number of hydrogen-bond acceptors (Lipinski definition) is 12. The van der Waals surface area contributed by atoms with E-state index in [1.807, 2.05) is 19.1 Å². The van der Waals surface area contributed by atoms with Crippen LogP contribution < -0.4 is 0 Å². The number of nitrogens with zero attached hydrogens (tertiary/aromatic N) is 1. The fraction of sp³-hybridized carbons (Fsp3) is 0.767. The van der Waals surface area contributed by atoms with Crippen LogP contribution >= 0.6 is 0 Å². The van der Waals surface area contributed by atoms with Gasteiger partial charge in [0.05, 0.1) is 37.1 Å². The maximum Gasteiger partial charge on any atom is 0.316 e. The van der Waals surface area contributed by atoms with Gasteiger partial charge in [0.1, 0.15) is 35.5 Å². The average molecular weight is 770 g/mol. The highest BCUT2D eigenvalue weighted by atomic mass is 16.7. The van der Waals surface area contributed by atoms with E-state index in [0.29, 0.717) is 55.1 Å². The number of aliphatic hydroxyl groups excluding tert-OH is 1. The first kappa shape index (κ1) is 40.8. The van der Waals surface area contributed by atoms with Gasteiger partial charge < -0.3 is 48.6 Å². The van der Waals surface area contributed by atoms with Gasteiger partial charge in [0.15, 0.2) is 12.1 Å². The Morgan fingerprint density at radius 2 is 1.80 bits per heavy atom. The molecule has 3 N–H and O–H groups in total. The molecule has 306 valence electrons. The third kappa shape index (κ3) is 8.17. The molecule has 4 saturated heterocycles. The summed E-state index contributed by atoms with van der Waals surface area (Å²) in [4.78, 5) is 14.4. The quantitative estimate of drug-likeness (QED) is 0.132. The number of carbonyl (C=O) groups excluding carboxylic acids is 1. The predicted molar refractivity (Wildman–Crippen MR) is 203 cm³/mol. The Morgan fingerprint density at radius 3 is 2.55 bits per heavy atom. The molecule has 1 saturated carbocycles. The summed E-state index contributed by atoms with van der Waals surface area (Å²) in [5.74, 6) is -1.83. The molecule has 7 aliphatic rings. The number of methoxy groups -OCH3 is 1. The van der Waals surface area contributed by atoms with Crippen molar-refractivity contribution in [2.24, 2.45) is 28.8 Å². The van der Waals surface area contributed by atoms with E-state index in [1.54, 1.807) is 26.2 Å². The van der Waals surface area contributed by atoms with Crippen molar-refractivity contribution in [1.29, 1.82) is 0 Å². The number of esters is 1. The first-order chi connectivity index (χ1) is 26.4. The minimum absolute atomic E-state index is 0.0359. The molecule has 12 nitrogen and oxygen atoms in total. The van der Waals surface area contributed by atoms with Crippen LogP contribution in [0.2, 0.25) is 0 Å². The molecule has 0 radical (unpaired) electrons. The molecule has 14 atom stereocenters. The second kappa shape index (κ2) is 16.8. The van der Waals surface area contributed by atoms with Crippen molar-refractivity contribution in [3.8, 4) is 0 Å². The highest BCUT2D eigenvalue weighted by Crippen LogP contribution is 2.48. The van der Waals surface area contributed by atoms with Crippen LogP contribution in [0.1, 0.15) is 105 Å². The van der Waals surface area contributed by atoms with Crippen LogP contribution in [-0.4, -0.2) is 107 Å². The molecule has 2 aliphatic carbocycles. The molecule has 1 spiro atoms. The van der Waals surface area contributed by atoms with Gasteiger partial charge in [-0.05, 0) is 75.0 Å². The molecular formula is C43H63NO11. The van der Waals surface area contributed by atoms with Crippen LogP contribution in [0.3, 0.4) is 0 Å². The molecule has 0 aromatic heterocycles. The Balaban J connectivity index is 1.25. The summed E-state index contributed by atoms with van der Waals surface area (Å²) in [5.41, 5.74) is 0.362. The van der Waals surface area contributed by atoms with Crippen LogP contribution in [0.15, 0.2) is 52.3 Å². The molecule has 5 fully saturated rings. The lowest BCUT2D eigenvalue weighted by Gasteiger charge is -2.51. The van der Waals surface area contributed by atoms with Crippen LogP contribution in [0.5, 0.6) is 0 Å². The van der Waals surface area contributed by atoms with Gasteiger partial charge in [0, 0.05) is 38.7 Å². The molecule has 7 rings (SSSR count). The lowest BCUT2D eigenvalue weighted by Crippen LogP contribution is -2.57. The number of fused-ring (bicyclic) bond motifs is 2. The van der Waals surface area contributed by atoms with Crippen molar-refractivity contribution in [3.05, 3.63) is 47.1 Å². The summed E-state index contributed by atoms with van der Waals surface area (Å²) in [5, 5.41) is 36.7. The van der Waals surface area contributed by atoms with Gasteiger partial charge in [-0.3, -0.25) is 4.79 Å². The minimum atomic E-state index is -1.83. The van der Waals surface area contributed by atoms with E-state index in [9.17, 15) is 20.2 Å². The molecule has 5 heterocycles. The van der Waals surface area contributed by atoms with Crippen LogP contribution in [0, 0.1) is 23.7 Å². The van der Waals surface area contributed by atoms with Gasteiger partial charge in [-0.25, -0.2) is 0 Å². The van der Waals surface area contributed by atoms with Gasteiger partial charge >= 0.3 is 5.97 Å². The molecule has 0 aromatic rings. The van der Waals surface area contributed by atoms with Gasteiger partial charge in [0.2, 0.25) is 0 Å². The average Bonchev–Trinajstić information content (AvgIpc) is 3.50. The number of oxime groups is 1. The number of rotatable bonds is 4. The number of carbonyl (C=O) groups is 1. The first-order valence-corrected chi connectivity index (χ1v) is 20.7. The summed E-state index contributed by atoms with van der Waals surface area (Å²) in [6, 6.07) is 0. The van der Waals surface area contributed by atoms with Crippen LogP contribution in [-0.2, 0) is 38.0 Å². The largest absolute Gasteiger partial charge is 0.462 e. The Morgan fingerprint density at radius 1 is 1.02 bits per heavy atom. The molecule has 0 amide bonds. The van der Waals surface area contributed by atoms with E-state index in [1.165, 1.54) is 19.3 Å². The molecule has 0 unspecified atom stereocenters. The molecule has 0 aromatic carbocycles. The van der Waals surface area contributed by atoms with Gasteiger partial charge in [0.25, 0.3) is 0 Å². The molecule has 55 heavy (non-hydrogen) atoms. The lowest BCUT2D eigenvalue weighted by atomic mass is 9.71. The minimum Gasteiger partial charge on any atom is -0.462 e.